The molecule has 0 unspecified atom stereocenters. The average Bonchev–Trinajstić information content (AvgIpc) is 2.73. The first kappa shape index (κ1) is 20.5. The molecule has 2 aromatic rings. The Bertz CT molecular complexity index is 849. The summed E-state index contributed by atoms with van der Waals surface area (Å²) in [6.07, 6.45) is 9.83. The van der Waals surface area contributed by atoms with Gasteiger partial charge in [-0.2, -0.15) is 0 Å². The predicted molar refractivity (Wildman–Crippen MR) is 115 cm³/mol. The number of benzene rings is 2. The molecule has 3 nitrogen and oxygen atoms in total. The van der Waals surface area contributed by atoms with Gasteiger partial charge >= 0.3 is 0 Å². The van der Waals surface area contributed by atoms with Crippen LogP contribution >= 0.6 is 0 Å². The summed E-state index contributed by atoms with van der Waals surface area (Å²) in [5.41, 5.74) is 1.12. The number of hydrogen-bond donors (Lipinski definition) is 0. The Morgan fingerprint density at radius 2 is 1.00 bits per heavy atom. The highest BCUT2D eigenvalue weighted by Gasteiger charge is 2.10. The van der Waals surface area contributed by atoms with Crippen LogP contribution in [0.2, 0.25) is 0 Å². The van der Waals surface area contributed by atoms with E-state index in [0.29, 0.717) is 34.1 Å². The monoisotopic (exact) mass is 370 g/mol. The lowest BCUT2D eigenvalue weighted by Gasteiger charge is -2.08. The van der Waals surface area contributed by atoms with E-state index in [0.717, 1.165) is 0 Å². The van der Waals surface area contributed by atoms with Crippen LogP contribution in [0.25, 0.3) is 0 Å². The number of allylic oxidation sites excluding steroid dienone is 6. The minimum atomic E-state index is -0.0887. The van der Waals surface area contributed by atoms with Crippen molar-refractivity contribution in [1.82, 2.24) is 0 Å². The topological polar surface area (TPSA) is 35.5 Å². The van der Waals surface area contributed by atoms with Crippen LogP contribution in [0.15, 0.2) is 123 Å². The normalized spacial score (nSPS) is 11.3. The van der Waals surface area contributed by atoms with E-state index in [1.165, 1.54) is 0 Å². The second-order valence-corrected chi connectivity index (χ2v) is 5.60. The van der Waals surface area contributed by atoms with Gasteiger partial charge in [-0.3, -0.25) is 4.79 Å². The Balaban J connectivity index is 2.11. The van der Waals surface area contributed by atoms with Gasteiger partial charge < -0.3 is 9.47 Å². The third kappa shape index (κ3) is 5.58. The van der Waals surface area contributed by atoms with E-state index >= 15 is 0 Å². The van der Waals surface area contributed by atoms with Crippen molar-refractivity contribution >= 4 is 5.78 Å². The lowest BCUT2D eigenvalue weighted by Crippen LogP contribution is -2.01. The fourth-order valence-electron chi connectivity index (χ4n) is 2.31. The first-order valence-electron chi connectivity index (χ1n) is 8.62. The smallest absolute Gasteiger partial charge is 0.193 e. The van der Waals surface area contributed by atoms with Crippen molar-refractivity contribution in [3.8, 4) is 11.5 Å². The van der Waals surface area contributed by atoms with E-state index in [1.54, 1.807) is 85.0 Å². The van der Waals surface area contributed by atoms with Gasteiger partial charge in [-0.1, -0.05) is 38.5 Å². The van der Waals surface area contributed by atoms with Crippen molar-refractivity contribution in [1.29, 1.82) is 0 Å². The van der Waals surface area contributed by atoms with Crippen molar-refractivity contribution in [2.45, 2.75) is 0 Å². The SMILES string of the molecule is C=C/C=C(\C=C)Oc1ccc(C(=O)c2ccc(O/C(C=C)=C/C=C)cc2)cc1. The zero-order chi connectivity index (χ0) is 20.4. The summed E-state index contributed by atoms with van der Waals surface area (Å²) in [5.74, 6) is 2.29. The van der Waals surface area contributed by atoms with Crippen molar-refractivity contribution in [2.75, 3.05) is 0 Å². The minimum absolute atomic E-state index is 0.0887. The molecule has 0 bridgehead atoms. The molecule has 3 heteroatoms. The van der Waals surface area contributed by atoms with Crippen molar-refractivity contribution < 1.29 is 14.3 Å². The van der Waals surface area contributed by atoms with Crippen LogP contribution in [-0.4, -0.2) is 5.78 Å². The van der Waals surface area contributed by atoms with Gasteiger partial charge in [0.15, 0.2) is 5.78 Å². The lowest BCUT2D eigenvalue weighted by molar-refractivity contribution is 0.103. The summed E-state index contributed by atoms with van der Waals surface area (Å²) in [4.78, 5) is 12.7. The van der Waals surface area contributed by atoms with E-state index in [9.17, 15) is 4.79 Å². The Morgan fingerprint density at radius 3 is 1.29 bits per heavy atom. The molecule has 0 spiro atoms. The molecule has 0 aliphatic heterocycles. The van der Waals surface area contributed by atoms with Gasteiger partial charge in [0, 0.05) is 11.1 Å². The van der Waals surface area contributed by atoms with Crippen LogP contribution < -0.4 is 9.47 Å². The fraction of sp³-hybridized carbons (Fsp3) is 0. The van der Waals surface area contributed by atoms with E-state index in [2.05, 4.69) is 26.3 Å². The standard InChI is InChI=1S/C25H22O3/c1-5-9-21(7-3)27-23-15-11-19(12-16-23)25(26)20-13-17-24(18-14-20)28-22(8-4)10-6-2/h5-18H,1-4H2/b21-9+,22-10+. The third-order valence-electron chi connectivity index (χ3n) is 3.67. The van der Waals surface area contributed by atoms with Crippen molar-refractivity contribution in [3.05, 3.63) is 134 Å². The van der Waals surface area contributed by atoms with Crippen LogP contribution in [0.5, 0.6) is 11.5 Å². The van der Waals surface area contributed by atoms with Gasteiger partial charge in [0.05, 0.1) is 0 Å². The molecular formula is C25H22O3. The maximum absolute atomic E-state index is 12.7. The summed E-state index contributed by atoms with van der Waals surface area (Å²) in [6.45, 7) is 14.6. The maximum Gasteiger partial charge on any atom is 0.193 e. The number of hydrogen-bond acceptors (Lipinski definition) is 3. The summed E-state index contributed by atoms with van der Waals surface area (Å²) in [6, 6.07) is 13.8. The van der Waals surface area contributed by atoms with E-state index in [4.69, 9.17) is 9.47 Å². The van der Waals surface area contributed by atoms with E-state index < -0.39 is 0 Å². The van der Waals surface area contributed by atoms with Gasteiger partial charge in [0.25, 0.3) is 0 Å². The van der Waals surface area contributed by atoms with Gasteiger partial charge in [-0.05, 0) is 72.8 Å². The molecule has 0 radical (unpaired) electrons. The molecule has 2 rings (SSSR count). The largest absolute Gasteiger partial charge is 0.457 e. The molecule has 140 valence electrons. The Hall–Kier alpha value is -3.85. The van der Waals surface area contributed by atoms with Crippen molar-refractivity contribution in [2.24, 2.45) is 0 Å². The second kappa shape index (κ2) is 10.3. The molecule has 0 aliphatic carbocycles. The van der Waals surface area contributed by atoms with Gasteiger partial charge in [0.2, 0.25) is 0 Å². The molecule has 2 aromatic carbocycles. The second-order valence-electron chi connectivity index (χ2n) is 5.60. The molecular weight excluding hydrogens is 348 g/mol. The Kier molecular flexibility index (Phi) is 7.55. The van der Waals surface area contributed by atoms with Crippen molar-refractivity contribution in [3.63, 3.8) is 0 Å². The zero-order valence-electron chi connectivity index (χ0n) is 15.6. The summed E-state index contributed by atoms with van der Waals surface area (Å²) >= 11 is 0. The lowest BCUT2D eigenvalue weighted by atomic mass is 10.0. The highest BCUT2D eigenvalue weighted by molar-refractivity contribution is 6.09. The highest BCUT2D eigenvalue weighted by Crippen LogP contribution is 2.20. The van der Waals surface area contributed by atoms with E-state index in [1.807, 2.05) is 0 Å². The average molecular weight is 370 g/mol. The first-order valence-corrected chi connectivity index (χ1v) is 8.62. The quantitative estimate of drug-likeness (QED) is 0.284. The molecule has 0 heterocycles. The predicted octanol–water partition coefficient (Wildman–Crippen LogP) is 6.19. The minimum Gasteiger partial charge on any atom is -0.457 e. The van der Waals surface area contributed by atoms with E-state index in [-0.39, 0.29) is 5.78 Å². The Morgan fingerprint density at radius 1 is 0.643 bits per heavy atom. The van der Waals surface area contributed by atoms with Crippen LogP contribution in [-0.2, 0) is 0 Å². The number of carbonyl (C=O) groups excluding carboxylic acids is 1. The molecule has 0 amide bonds. The number of rotatable bonds is 10. The van der Waals surface area contributed by atoms with Gasteiger partial charge in [-0.15, -0.1) is 0 Å². The fourth-order valence-corrected chi connectivity index (χ4v) is 2.31. The van der Waals surface area contributed by atoms with Crippen LogP contribution in [0.3, 0.4) is 0 Å². The van der Waals surface area contributed by atoms with Gasteiger partial charge in [-0.25, -0.2) is 0 Å². The molecule has 0 fully saturated rings. The zero-order valence-corrected chi connectivity index (χ0v) is 15.6. The maximum atomic E-state index is 12.7. The summed E-state index contributed by atoms with van der Waals surface area (Å²) in [7, 11) is 0. The Labute approximate surface area is 165 Å². The molecule has 0 aliphatic rings. The molecule has 0 N–H and O–H groups in total. The summed E-state index contributed by atoms with van der Waals surface area (Å²) < 4.78 is 11.3. The number of ketones is 1. The number of ether oxygens (including phenoxy) is 2. The van der Waals surface area contributed by atoms with Gasteiger partial charge in [0.1, 0.15) is 23.0 Å². The van der Waals surface area contributed by atoms with Crippen LogP contribution in [0.1, 0.15) is 15.9 Å². The summed E-state index contributed by atoms with van der Waals surface area (Å²) in [5, 5.41) is 0. The molecule has 0 aromatic heterocycles. The molecule has 0 saturated heterocycles. The molecule has 0 saturated carbocycles. The molecule has 0 atom stereocenters. The van der Waals surface area contributed by atoms with Crippen LogP contribution in [0.4, 0.5) is 0 Å². The van der Waals surface area contributed by atoms with Crippen LogP contribution in [0, 0.1) is 0 Å². The highest BCUT2D eigenvalue weighted by atomic mass is 16.5. The third-order valence-corrected chi connectivity index (χ3v) is 3.67. The first-order chi connectivity index (χ1) is 13.6. The number of carbonyl (C=O) groups is 1. The molecule has 28 heavy (non-hydrogen) atoms.